The molecular formula is C18H19N5O. The van der Waals surface area contributed by atoms with Gasteiger partial charge < -0.3 is 5.32 Å². The fourth-order valence-corrected chi connectivity index (χ4v) is 2.64. The van der Waals surface area contributed by atoms with Crippen LogP contribution in [0.25, 0.3) is 5.69 Å². The molecule has 1 amide bonds. The summed E-state index contributed by atoms with van der Waals surface area (Å²) >= 11 is 0. The molecule has 0 aliphatic rings. The van der Waals surface area contributed by atoms with E-state index in [0.717, 1.165) is 28.9 Å². The lowest BCUT2D eigenvalue weighted by atomic mass is 9.95. The Kier molecular flexibility index (Phi) is 4.65. The standard InChI is InChI=1S/C18H19N5O/c1-3-16(14-7-5-4-6-8-14)18(24)20-17-11-15(10-9-13(17)2)23-12-19-21-22-23/h4-12,16H,3H2,1-2H3,(H,20,24). The third-order valence-electron chi connectivity index (χ3n) is 4.02. The van der Waals surface area contributed by atoms with Crippen molar-refractivity contribution in [1.82, 2.24) is 20.2 Å². The number of benzene rings is 2. The summed E-state index contributed by atoms with van der Waals surface area (Å²) in [5, 5.41) is 14.2. The number of hydrogen-bond donors (Lipinski definition) is 1. The van der Waals surface area contributed by atoms with Gasteiger partial charge in [0.2, 0.25) is 5.91 Å². The number of hydrogen-bond acceptors (Lipinski definition) is 4. The van der Waals surface area contributed by atoms with E-state index < -0.39 is 0 Å². The van der Waals surface area contributed by atoms with Crippen molar-refractivity contribution in [2.45, 2.75) is 26.2 Å². The molecule has 1 aromatic heterocycles. The fraction of sp³-hybridized carbons (Fsp3) is 0.222. The molecule has 6 nitrogen and oxygen atoms in total. The van der Waals surface area contributed by atoms with Gasteiger partial charge in [-0.2, -0.15) is 0 Å². The van der Waals surface area contributed by atoms with E-state index in [0.29, 0.717) is 0 Å². The lowest BCUT2D eigenvalue weighted by Crippen LogP contribution is -2.21. The summed E-state index contributed by atoms with van der Waals surface area (Å²) in [6.07, 6.45) is 2.26. The fourth-order valence-electron chi connectivity index (χ4n) is 2.64. The van der Waals surface area contributed by atoms with Gasteiger partial charge in [0.25, 0.3) is 0 Å². The average Bonchev–Trinajstić information content (AvgIpc) is 3.13. The van der Waals surface area contributed by atoms with E-state index in [4.69, 9.17) is 0 Å². The number of aromatic nitrogens is 4. The molecule has 24 heavy (non-hydrogen) atoms. The molecule has 3 aromatic rings. The Labute approximate surface area is 140 Å². The van der Waals surface area contributed by atoms with Crippen molar-refractivity contribution >= 4 is 11.6 Å². The van der Waals surface area contributed by atoms with Crippen molar-refractivity contribution in [2.24, 2.45) is 0 Å². The molecule has 6 heteroatoms. The SMILES string of the molecule is CCC(C(=O)Nc1cc(-n2cnnn2)ccc1C)c1ccccc1. The quantitative estimate of drug-likeness (QED) is 0.783. The van der Waals surface area contributed by atoms with Gasteiger partial charge >= 0.3 is 0 Å². The number of tetrazole rings is 1. The zero-order valence-corrected chi connectivity index (χ0v) is 13.7. The van der Waals surface area contributed by atoms with Crippen molar-refractivity contribution in [3.05, 3.63) is 66.0 Å². The number of rotatable bonds is 5. The third kappa shape index (κ3) is 3.32. The zero-order chi connectivity index (χ0) is 16.9. The van der Waals surface area contributed by atoms with Crippen molar-refractivity contribution in [2.75, 3.05) is 5.32 Å². The Morgan fingerprint density at radius 2 is 2.00 bits per heavy atom. The van der Waals surface area contributed by atoms with Crippen LogP contribution in [0.5, 0.6) is 0 Å². The minimum Gasteiger partial charge on any atom is -0.325 e. The third-order valence-corrected chi connectivity index (χ3v) is 4.02. The van der Waals surface area contributed by atoms with Gasteiger partial charge in [-0.05, 0) is 47.0 Å². The Balaban J connectivity index is 1.84. The number of amides is 1. The maximum atomic E-state index is 12.7. The number of nitrogens with zero attached hydrogens (tertiary/aromatic N) is 4. The van der Waals surface area contributed by atoms with Crippen LogP contribution in [0.4, 0.5) is 5.69 Å². The Morgan fingerprint density at radius 1 is 1.21 bits per heavy atom. The smallest absolute Gasteiger partial charge is 0.231 e. The maximum Gasteiger partial charge on any atom is 0.231 e. The predicted octanol–water partition coefficient (Wildman–Crippen LogP) is 3.10. The molecule has 0 fully saturated rings. The number of anilines is 1. The van der Waals surface area contributed by atoms with Gasteiger partial charge in [-0.1, -0.05) is 43.3 Å². The number of nitrogens with one attached hydrogen (secondary N) is 1. The summed E-state index contributed by atoms with van der Waals surface area (Å²) in [4.78, 5) is 12.7. The molecule has 0 bridgehead atoms. The molecule has 0 aliphatic carbocycles. The van der Waals surface area contributed by atoms with Crippen LogP contribution in [0.2, 0.25) is 0 Å². The first kappa shape index (κ1) is 15.9. The number of aryl methyl sites for hydroxylation is 1. The monoisotopic (exact) mass is 321 g/mol. The van der Waals surface area contributed by atoms with Crippen LogP contribution in [-0.4, -0.2) is 26.1 Å². The highest BCUT2D eigenvalue weighted by Gasteiger charge is 2.19. The molecule has 2 aromatic carbocycles. The van der Waals surface area contributed by atoms with Crippen molar-refractivity contribution in [1.29, 1.82) is 0 Å². The molecule has 1 atom stereocenters. The minimum absolute atomic E-state index is 0.0133. The summed E-state index contributed by atoms with van der Waals surface area (Å²) in [5.74, 6) is -0.192. The molecule has 0 aliphatic heterocycles. The van der Waals surface area contributed by atoms with Crippen LogP contribution in [0, 0.1) is 6.92 Å². The molecule has 1 heterocycles. The first-order valence-electron chi connectivity index (χ1n) is 7.89. The summed E-state index contributed by atoms with van der Waals surface area (Å²) in [6, 6.07) is 15.6. The number of carbonyl (C=O) groups excluding carboxylic acids is 1. The molecule has 0 saturated carbocycles. The second-order valence-electron chi connectivity index (χ2n) is 5.61. The van der Waals surface area contributed by atoms with Gasteiger partial charge in [-0.15, -0.1) is 5.10 Å². The van der Waals surface area contributed by atoms with Gasteiger partial charge in [0.1, 0.15) is 6.33 Å². The van der Waals surface area contributed by atoms with Crippen molar-refractivity contribution < 1.29 is 4.79 Å². The van der Waals surface area contributed by atoms with E-state index in [9.17, 15) is 4.79 Å². The predicted molar refractivity (Wildman–Crippen MR) is 92.0 cm³/mol. The molecule has 0 spiro atoms. The topological polar surface area (TPSA) is 72.7 Å². The Hall–Kier alpha value is -3.02. The lowest BCUT2D eigenvalue weighted by Gasteiger charge is -2.17. The van der Waals surface area contributed by atoms with Crippen LogP contribution in [0.15, 0.2) is 54.9 Å². The lowest BCUT2D eigenvalue weighted by molar-refractivity contribution is -0.117. The largest absolute Gasteiger partial charge is 0.325 e. The van der Waals surface area contributed by atoms with Crippen LogP contribution in [-0.2, 0) is 4.79 Å². The van der Waals surface area contributed by atoms with Crippen molar-refractivity contribution in [3.63, 3.8) is 0 Å². The van der Waals surface area contributed by atoms with Gasteiger partial charge in [0.05, 0.1) is 11.6 Å². The molecular weight excluding hydrogens is 302 g/mol. The normalized spacial score (nSPS) is 11.9. The zero-order valence-electron chi connectivity index (χ0n) is 13.7. The molecule has 3 rings (SSSR count). The highest BCUT2D eigenvalue weighted by atomic mass is 16.1. The summed E-state index contributed by atoms with van der Waals surface area (Å²) in [6.45, 7) is 3.98. The highest BCUT2D eigenvalue weighted by molar-refractivity contribution is 5.96. The Morgan fingerprint density at radius 3 is 2.67 bits per heavy atom. The van der Waals surface area contributed by atoms with Gasteiger partial charge in [0, 0.05) is 5.69 Å². The van der Waals surface area contributed by atoms with Crippen LogP contribution in [0.3, 0.4) is 0 Å². The molecule has 0 saturated heterocycles. The molecule has 1 unspecified atom stereocenters. The first-order chi connectivity index (χ1) is 11.7. The van der Waals surface area contributed by atoms with E-state index in [-0.39, 0.29) is 11.8 Å². The van der Waals surface area contributed by atoms with E-state index in [1.807, 2.05) is 62.4 Å². The van der Waals surface area contributed by atoms with Crippen LogP contribution >= 0.6 is 0 Å². The second kappa shape index (κ2) is 7.04. The summed E-state index contributed by atoms with van der Waals surface area (Å²) in [7, 11) is 0. The average molecular weight is 321 g/mol. The van der Waals surface area contributed by atoms with E-state index in [2.05, 4.69) is 20.8 Å². The van der Waals surface area contributed by atoms with Gasteiger partial charge in [-0.25, -0.2) is 4.68 Å². The molecule has 1 N–H and O–H groups in total. The van der Waals surface area contributed by atoms with Crippen molar-refractivity contribution in [3.8, 4) is 5.69 Å². The summed E-state index contributed by atoms with van der Waals surface area (Å²) < 4.78 is 1.56. The highest BCUT2D eigenvalue weighted by Crippen LogP contribution is 2.24. The maximum absolute atomic E-state index is 12.7. The van der Waals surface area contributed by atoms with Gasteiger partial charge in [-0.3, -0.25) is 4.79 Å². The van der Waals surface area contributed by atoms with Crippen LogP contribution < -0.4 is 5.32 Å². The number of carbonyl (C=O) groups is 1. The second-order valence-corrected chi connectivity index (χ2v) is 5.61. The summed E-state index contributed by atoms with van der Waals surface area (Å²) in [5.41, 5.74) is 3.57. The molecule has 122 valence electrons. The van der Waals surface area contributed by atoms with Crippen LogP contribution in [0.1, 0.15) is 30.4 Å². The van der Waals surface area contributed by atoms with Gasteiger partial charge in [0.15, 0.2) is 0 Å². The Bertz CT molecular complexity index is 815. The van der Waals surface area contributed by atoms with E-state index in [1.54, 1.807) is 4.68 Å². The minimum atomic E-state index is -0.178. The van der Waals surface area contributed by atoms with E-state index >= 15 is 0 Å². The first-order valence-corrected chi connectivity index (χ1v) is 7.89. The van der Waals surface area contributed by atoms with E-state index in [1.165, 1.54) is 6.33 Å². The molecule has 0 radical (unpaired) electrons.